The summed E-state index contributed by atoms with van der Waals surface area (Å²) in [5, 5.41) is 3.89. The number of ether oxygens (including phenoxy) is 1. The molecule has 0 saturated carbocycles. The number of carbonyl (C=O) groups is 1. The van der Waals surface area contributed by atoms with Crippen molar-refractivity contribution in [3.63, 3.8) is 0 Å². The largest absolute Gasteiger partial charge is 0.481 e. The molecule has 2 aromatic rings. The summed E-state index contributed by atoms with van der Waals surface area (Å²) in [5.41, 5.74) is 4.39. The first-order chi connectivity index (χ1) is 10.1. The van der Waals surface area contributed by atoms with Gasteiger partial charge in [-0.1, -0.05) is 12.1 Å². The molecule has 5 heteroatoms. The Kier molecular flexibility index (Phi) is 5.04. The zero-order valence-corrected chi connectivity index (χ0v) is 12.0. The maximum absolute atomic E-state index is 11.9. The standard InChI is InChI=1S/C16H17N3O2/c1-12-4-3-5-15(10-12)21-13(2)16(20)19-18-11-14-6-8-17-9-7-14/h3-11,13H,1-2H3,(H,19,20)/b18-11+/t13-/m0/s1. The van der Waals surface area contributed by atoms with Crippen LogP contribution in [-0.4, -0.2) is 23.2 Å². The first kappa shape index (κ1) is 14.7. The first-order valence-corrected chi connectivity index (χ1v) is 6.61. The first-order valence-electron chi connectivity index (χ1n) is 6.61. The lowest BCUT2D eigenvalue weighted by Crippen LogP contribution is -2.33. The van der Waals surface area contributed by atoms with Crippen molar-refractivity contribution in [1.29, 1.82) is 0 Å². The average molecular weight is 283 g/mol. The van der Waals surface area contributed by atoms with Gasteiger partial charge in [0, 0.05) is 12.4 Å². The minimum atomic E-state index is -0.624. The monoisotopic (exact) mass is 283 g/mol. The van der Waals surface area contributed by atoms with Crippen LogP contribution < -0.4 is 10.2 Å². The Morgan fingerprint density at radius 1 is 1.33 bits per heavy atom. The van der Waals surface area contributed by atoms with Crippen molar-refractivity contribution in [3.05, 3.63) is 59.9 Å². The summed E-state index contributed by atoms with van der Waals surface area (Å²) in [4.78, 5) is 15.8. The number of rotatable bonds is 5. The van der Waals surface area contributed by atoms with Crippen LogP contribution in [0.2, 0.25) is 0 Å². The maximum Gasteiger partial charge on any atom is 0.280 e. The van der Waals surface area contributed by atoms with Gasteiger partial charge >= 0.3 is 0 Å². The van der Waals surface area contributed by atoms with Crippen LogP contribution in [0.15, 0.2) is 53.9 Å². The highest BCUT2D eigenvalue weighted by atomic mass is 16.5. The van der Waals surface area contributed by atoms with Crippen LogP contribution in [0, 0.1) is 6.92 Å². The van der Waals surface area contributed by atoms with Gasteiger partial charge in [0.15, 0.2) is 6.10 Å². The topological polar surface area (TPSA) is 63.6 Å². The van der Waals surface area contributed by atoms with Crippen LogP contribution in [0.25, 0.3) is 0 Å². The predicted octanol–water partition coefficient (Wildman–Crippen LogP) is 2.31. The zero-order valence-electron chi connectivity index (χ0n) is 12.0. The average Bonchev–Trinajstić information content (AvgIpc) is 2.48. The molecule has 1 heterocycles. The predicted molar refractivity (Wildman–Crippen MR) is 81.2 cm³/mol. The molecular weight excluding hydrogens is 266 g/mol. The highest BCUT2D eigenvalue weighted by Gasteiger charge is 2.13. The molecule has 0 spiro atoms. The number of aryl methyl sites for hydroxylation is 1. The van der Waals surface area contributed by atoms with E-state index in [1.54, 1.807) is 37.7 Å². The SMILES string of the molecule is Cc1cccc(O[C@@H](C)C(=O)N/N=C/c2ccncc2)c1. The fourth-order valence-corrected chi connectivity index (χ4v) is 1.66. The number of nitrogens with zero attached hydrogens (tertiary/aromatic N) is 2. The molecule has 21 heavy (non-hydrogen) atoms. The van der Waals surface area contributed by atoms with Crippen molar-refractivity contribution in [2.75, 3.05) is 0 Å². The van der Waals surface area contributed by atoms with E-state index < -0.39 is 6.10 Å². The number of hydrogen-bond donors (Lipinski definition) is 1. The molecule has 5 nitrogen and oxygen atoms in total. The lowest BCUT2D eigenvalue weighted by atomic mass is 10.2. The molecule has 1 amide bonds. The number of amides is 1. The van der Waals surface area contributed by atoms with E-state index in [2.05, 4.69) is 15.5 Å². The molecule has 0 radical (unpaired) electrons. The number of hydrogen-bond acceptors (Lipinski definition) is 4. The summed E-state index contributed by atoms with van der Waals surface area (Å²) in [6.07, 6.45) is 4.25. The smallest absolute Gasteiger partial charge is 0.280 e. The number of hydrazone groups is 1. The van der Waals surface area contributed by atoms with Crippen LogP contribution in [0.4, 0.5) is 0 Å². The molecule has 0 unspecified atom stereocenters. The van der Waals surface area contributed by atoms with Gasteiger partial charge in [-0.3, -0.25) is 9.78 Å². The Hall–Kier alpha value is -2.69. The zero-order chi connectivity index (χ0) is 15.1. The van der Waals surface area contributed by atoms with Gasteiger partial charge in [-0.15, -0.1) is 0 Å². The van der Waals surface area contributed by atoms with Gasteiger partial charge < -0.3 is 4.74 Å². The van der Waals surface area contributed by atoms with Crippen molar-refractivity contribution in [2.45, 2.75) is 20.0 Å². The molecule has 0 aliphatic rings. The van der Waals surface area contributed by atoms with Gasteiger partial charge in [0.05, 0.1) is 6.21 Å². The summed E-state index contributed by atoms with van der Waals surface area (Å²) in [6.45, 7) is 3.65. The van der Waals surface area contributed by atoms with E-state index in [9.17, 15) is 4.79 Å². The van der Waals surface area contributed by atoms with E-state index >= 15 is 0 Å². The van der Waals surface area contributed by atoms with E-state index in [1.807, 2.05) is 31.2 Å². The Labute approximate surface area is 123 Å². The Balaban J connectivity index is 1.87. The molecule has 1 aromatic heterocycles. The van der Waals surface area contributed by atoms with E-state index in [0.29, 0.717) is 5.75 Å². The fraction of sp³-hybridized carbons (Fsp3) is 0.188. The normalized spacial score (nSPS) is 12.1. The number of carbonyl (C=O) groups excluding carboxylic acids is 1. The number of aromatic nitrogens is 1. The summed E-state index contributed by atoms with van der Waals surface area (Å²) < 4.78 is 5.56. The Morgan fingerprint density at radius 3 is 2.81 bits per heavy atom. The van der Waals surface area contributed by atoms with Crippen LogP contribution in [0.5, 0.6) is 5.75 Å². The molecule has 1 N–H and O–H groups in total. The van der Waals surface area contributed by atoms with E-state index in [-0.39, 0.29) is 5.91 Å². The molecular formula is C16H17N3O2. The van der Waals surface area contributed by atoms with Crippen LogP contribution in [0.3, 0.4) is 0 Å². The highest BCUT2D eigenvalue weighted by molar-refractivity contribution is 5.84. The molecule has 2 rings (SSSR count). The Bertz CT molecular complexity index is 626. The maximum atomic E-state index is 11.9. The van der Waals surface area contributed by atoms with E-state index in [1.165, 1.54) is 0 Å². The third-order valence-corrected chi connectivity index (χ3v) is 2.77. The second-order valence-corrected chi connectivity index (χ2v) is 4.59. The molecule has 0 saturated heterocycles. The molecule has 108 valence electrons. The van der Waals surface area contributed by atoms with Gasteiger partial charge in [0.2, 0.25) is 0 Å². The van der Waals surface area contributed by atoms with Crippen molar-refractivity contribution < 1.29 is 9.53 Å². The van der Waals surface area contributed by atoms with Crippen molar-refractivity contribution in [1.82, 2.24) is 10.4 Å². The second kappa shape index (κ2) is 7.19. The number of nitrogens with one attached hydrogen (secondary N) is 1. The van der Waals surface area contributed by atoms with Crippen LogP contribution in [0.1, 0.15) is 18.1 Å². The van der Waals surface area contributed by atoms with Crippen molar-refractivity contribution >= 4 is 12.1 Å². The molecule has 0 aliphatic carbocycles. The Morgan fingerprint density at radius 2 is 2.10 bits per heavy atom. The van der Waals surface area contributed by atoms with Gasteiger partial charge in [0.25, 0.3) is 5.91 Å². The number of benzene rings is 1. The quantitative estimate of drug-likeness (QED) is 0.676. The van der Waals surface area contributed by atoms with Crippen molar-refractivity contribution in [2.24, 2.45) is 5.10 Å². The summed E-state index contributed by atoms with van der Waals surface area (Å²) in [7, 11) is 0. The van der Waals surface area contributed by atoms with E-state index in [0.717, 1.165) is 11.1 Å². The third-order valence-electron chi connectivity index (χ3n) is 2.77. The second-order valence-electron chi connectivity index (χ2n) is 4.59. The minimum absolute atomic E-state index is 0.304. The van der Waals surface area contributed by atoms with Crippen LogP contribution in [-0.2, 0) is 4.79 Å². The molecule has 0 aliphatic heterocycles. The summed E-state index contributed by atoms with van der Waals surface area (Å²) >= 11 is 0. The third kappa shape index (κ3) is 4.72. The highest BCUT2D eigenvalue weighted by Crippen LogP contribution is 2.14. The summed E-state index contributed by atoms with van der Waals surface area (Å²) in [6, 6.07) is 11.1. The van der Waals surface area contributed by atoms with Gasteiger partial charge in [-0.2, -0.15) is 5.10 Å². The van der Waals surface area contributed by atoms with Gasteiger partial charge in [-0.05, 0) is 49.2 Å². The fourth-order valence-electron chi connectivity index (χ4n) is 1.66. The van der Waals surface area contributed by atoms with Gasteiger partial charge in [0.1, 0.15) is 5.75 Å². The molecule has 0 fully saturated rings. The lowest BCUT2D eigenvalue weighted by molar-refractivity contribution is -0.127. The van der Waals surface area contributed by atoms with E-state index in [4.69, 9.17) is 4.74 Å². The molecule has 1 atom stereocenters. The molecule has 0 bridgehead atoms. The van der Waals surface area contributed by atoms with Crippen molar-refractivity contribution in [3.8, 4) is 5.75 Å². The van der Waals surface area contributed by atoms with Crippen LogP contribution >= 0.6 is 0 Å². The number of pyridine rings is 1. The molecule has 1 aromatic carbocycles. The lowest BCUT2D eigenvalue weighted by Gasteiger charge is -2.13. The summed E-state index contributed by atoms with van der Waals surface area (Å²) in [5.74, 6) is 0.359. The van der Waals surface area contributed by atoms with Gasteiger partial charge in [-0.25, -0.2) is 5.43 Å². The minimum Gasteiger partial charge on any atom is -0.481 e.